The van der Waals surface area contributed by atoms with Gasteiger partial charge >= 0.3 is 0 Å². The van der Waals surface area contributed by atoms with Crippen LogP contribution < -0.4 is 5.32 Å². The second kappa shape index (κ2) is 8.49. The van der Waals surface area contributed by atoms with Crippen LogP contribution in [0.4, 0.5) is 0 Å². The van der Waals surface area contributed by atoms with Crippen molar-refractivity contribution in [3.05, 3.63) is 0 Å². The summed E-state index contributed by atoms with van der Waals surface area (Å²) in [5.74, 6) is 0.269. The van der Waals surface area contributed by atoms with Gasteiger partial charge in [-0.1, -0.05) is 19.8 Å². The van der Waals surface area contributed by atoms with Crippen LogP contribution in [0.3, 0.4) is 0 Å². The second-order valence-electron chi connectivity index (χ2n) is 6.98. The molecule has 1 heterocycles. The highest BCUT2D eigenvalue weighted by Crippen LogP contribution is 2.25. The minimum Gasteiger partial charge on any atom is -0.312 e. The van der Waals surface area contributed by atoms with Crippen LogP contribution in [0.25, 0.3) is 0 Å². The lowest BCUT2D eigenvalue weighted by Crippen LogP contribution is -2.58. The van der Waals surface area contributed by atoms with Gasteiger partial charge in [0.25, 0.3) is 0 Å². The summed E-state index contributed by atoms with van der Waals surface area (Å²) in [5, 5.41) is 3.59. The maximum absolute atomic E-state index is 11.5. The second-order valence-corrected chi connectivity index (χ2v) is 9.24. The molecule has 0 spiro atoms. The monoisotopic (exact) mass is 318 g/mol. The maximum Gasteiger partial charge on any atom is 0.147 e. The molecule has 0 aromatic heterocycles. The summed E-state index contributed by atoms with van der Waals surface area (Å²) in [7, 11) is -2.90. The molecule has 0 aromatic rings. The van der Waals surface area contributed by atoms with E-state index in [-0.39, 0.29) is 17.3 Å². The molecule has 4 nitrogen and oxygen atoms in total. The first-order chi connectivity index (χ1) is 9.77. The van der Waals surface area contributed by atoms with Crippen molar-refractivity contribution in [3.63, 3.8) is 0 Å². The third-order valence-electron chi connectivity index (χ3n) is 4.69. The van der Waals surface area contributed by atoms with E-state index >= 15 is 0 Å². The highest BCUT2D eigenvalue weighted by molar-refractivity contribution is 7.90. The van der Waals surface area contributed by atoms with Gasteiger partial charge in [-0.3, -0.25) is 4.90 Å². The van der Waals surface area contributed by atoms with Gasteiger partial charge in [-0.2, -0.15) is 0 Å². The Bertz CT molecular complexity index is 385. The number of rotatable bonds is 8. The molecule has 21 heavy (non-hydrogen) atoms. The van der Waals surface area contributed by atoms with Crippen LogP contribution in [-0.2, 0) is 9.84 Å². The smallest absolute Gasteiger partial charge is 0.147 e. The van der Waals surface area contributed by atoms with E-state index in [0.29, 0.717) is 6.42 Å². The number of likely N-dealkylation sites (tertiary alicyclic amines) is 1. The van der Waals surface area contributed by atoms with Crippen molar-refractivity contribution in [2.75, 3.05) is 31.6 Å². The Morgan fingerprint density at radius 1 is 1.14 bits per heavy atom. The van der Waals surface area contributed by atoms with Crippen LogP contribution in [-0.4, -0.2) is 56.5 Å². The van der Waals surface area contributed by atoms with E-state index < -0.39 is 9.84 Å². The van der Waals surface area contributed by atoms with Crippen molar-refractivity contribution in [2.24, 2.45) is 0 Å². The van der Waals surface area contributed by atoms with E-state index in [4.69, 9.17) is 0 Å². The first-order valence-corrected chi connectivity index (χ1v) is 10.5. The molecule has 126 valence electrons. The zero-order valence-corrected chi connectivity index (χ0v) is 15.1. The molecule has 1 atom stereocenters. The van der Waals surface area contributed by atoms with Crippen LogP contribution in [0.2, 0.25) is 0 Å². The average Bonchev–Trinajstić information content (AvgIpc) is 2.66. The Morgan fingerprint density at radius 3 is 2.19 bits per heavy atom. The quantitative estimate of drug-likeness (QED) is 0.747. The lowest BCUT2D eigenvalue weighted by atomic mass is 9.89. The molecule has 0 radical (unpaired) electrons. The molecule has 1 aliphatic heterocycles. The molecule has 1 rings (SSSR count). The van der Waals surface area contributed by atoms with E-state index in [9.17, 15) is 8.42 Å². The number of nitrogens with one attached hydrogen (secondary N) is 1. The van der Waals surface area contributed by atoms with Crippen molar-refractivity contribution in [2.45, 2.75) is 70.9 Å². The van der Waals surface area contributed by atoms with E-state index in [2.05, 4.69) is 31.0 Å². The fraction of sp³-hybridized carbons (Fsp3) is 1.00. The van der Waals surface area contributed by atoms with Crippen LogP contribution in [0, 0.1) is 0 Å². The van der Waals surface area contributed by atoms with Crippen LogP contribution in [0.5, 0.6) is 0 Å². The molecule has 0 aromatic carbocycles. The Balaban J connectivity index is 2.76. The van der Waals surface area contributed by atoms with Gasteiger partial charge in [-0.05, 0) is 59.2 Å². The van der Waals surface area contributed by atoms with Crippen molar-refractivity contribution in [1.82, 2.24) is 10.2 Å². The predicted octanol–water partition coefficient (Wildman–Crippen LogP) is 2.44. The number of hydrogen-bond acceptors (Lipinski definition) is 4. The Kier molecular flexibility index (Phi) is 7.65. The van der Waals surface area contributed by atoms with E-state index in [1.807, 2.05) is 0 Å². The highest BCUT2D eigenvalue weighted by Gasteiger charge is 2.35. The maximum atomic E-state index is 11.5. The molecule has 0 saturated carbocycles. The average molecular weight is 319 g/mol. The minimum absolute atomic E-state index is 0.00417. The van der Waals surface area contributed by atoms with Gasteiger partial charge in [0, 0.05) is 17.8 Å². The number of sulfone groups is 1. The zero-order chi connectivity index (χ0) is 15.9. The van der Waals surface area contributed by atoms with Crippen LogP contribution in [0.1, 0.15) is 59.3 Å². The van der Waals surface area contributed by atoms with E-state index in [0.717, 1.165) is 26.1 Å². The van der Waals surface area contributed by atoms with Gasteiger partial charge in [0.1, 0.15) is 9.84 Å². The number of nitrogens with zero attached hydrogens (tertiary/aromatic N) is 1. The van der Waals surface area contributed by atoms with Gasteiger partial charge in [0.2, 0.25) is 0 Å². The third kappa shape index (κ3) is 6.66. The molecule has 0 aliphatic carbocycles. The van der Waals surface area contributed by atoms with Gasteiger partial charge < -0.3 is 5.32 Å². The van der Waals surface area contributed by atoms with Crippen molar-refractivity contribution < 1.29 is 8.42 Å². The van der Waals surface area contributed by atoms with E-state index in [1.165, 1.54) is 31.9 Å². The van der Waals surface area contributed by atoms with Crippen LogP contribution in [0.15, 0.2) is 0 Å². The molecule has 0 amide bonds. The topological polar surface area (TPSA) is 49.4 Å². The molecule has 1 N–H and O–H groups in total. The van der Waals surface area contributed by atoms with Crippen molar-refractivity contribution >= 4 is 9.84 Å². The highest BCUT2D eigenvalue weighted by atomic mass is 32.2. The molecular formula is C16H34N2O2S. The zero-order valence-electron chi connectivity index (χ0n) is 14.3. The Hall–Kier alpha value is -0.130. The minimum atomic E-state index is -2.90. The summed E-state index contributed by atoms with van der Waals surface area (Å²) < 4.78 is 23.1. The van der Waals surface area contributed by atoms with Crippen molar-refractivity contribution in [3.8, 4) is 0 Å². The lowest BCUT2D eigenvalue weighted by Gasteiger charge is -2.44. The van der Waals surface area contributed by atoms with Crippen molar-refractivity contribution in [1.29, 1.82) is 0 Å². The summed E-state index contributed by atoms with van der Waals surface area (Å²) >= 11 is 0. The number of hydrogen-bond donors (Lipinski definition) is 1. The molecule has 1 fully saturated rings. The first-order valence-electron chi connectivity index (χ1n) is 8.43. The molecule has 1 aliphatic rings. The largest absolute Gasteiger partial charge is 0.312 e. The fourth-order valence-corrected chi connectivity index (χ4v) is 3.89. The fourth-order valence-electron chi connectivity index (χ4n) is 3.22. The van der Waals surface area contributed by atoms with Crippen LogP contribution >= 0.6 is 0 Å². The third-order valence-corrected chi connectivity index (χ3v) is 5.67. The normalized spacial score (nSPS) is 20.2. The molecular weight excluding hydrogens is 284 g/mol. The summed E-state index contributed by atoms with van der Waals surface area (Å²) in [6.07, 6.45) is 8.27. The molecule has 0 bridgehead atoms. The summed E-state index contributed by atoms with van der Waals surface area (Å²) in [6.45, 7) is 9.92. The molecule has 1 unspecified atom stereocenters. The predicted molar refractivity (Wildman–Crippen MR) is 90.5 cm³/mol. The van der Waals surface area contributed by atoms with Gasteiger partial charge in [-0.25, -0.2) is 8.42 Å². The Labute approximate surface area is 131 Å². The summed E-state index contributed by atoms with van der Waals surface area (Å²) in [5.41, 5.74) is 0.00417. The first kappa shape index (κ1) is 18.9. The molecule has 5 heteroatoms. The SMILES string of the molecule is CCCNC(CCS(C)(=O)=O)C(C)(C)N1CCCCCC1. The summed E-state index contributed by atoms with van der Waals surface area (Å²) in [4.78, 5) is 2.57. The standard InChI is InChI=1S/C16H34N2O2S/c1-5-11-17-15(10-14-21(4,19)20)16(2,3)18-12-8-6-7-9-13-18/h15,17H,5-14H2,1-4H3. The van der Waals surface area contributed by atoms with Gasteiger partial charge in [0.15, 0.2) is 0 Å². The van der Waals surface area contributed by atoms with Gasteiger partial charge in [-0.15, -0.1) is 0 Å². The lowest BCUT2D eigenvalue weighted by molar-refractivity contribution is 0.0822. The van der Waals surface area contributed by atoms with E-state index in [1.54, 1.807) is 0 Å². The Morgan fingerprint density at radius 2 is 1.71 bits per heavy atom. The summed E-state index contributed by atoms with van der Waals surface area (Å²) in [6, 6.07) is 0.227. The van der Waals surface area contributed by atoms with Gasteiger partial charge in [0.05, 0.1) is 5.75 Å². The molecule has 1 saturated heterocycles.